The van der Waals surface area contributed by atoms with Crippen LogP contribution in [0.15, 0.2) is 42.5 Å². The Balaban J connectivity index is 1.80. The molecule has 0 radical (unpaired) electrons. The molecule has 1 amide bonds. The van der Waals surface area contributed by atoms with Gasteiger partial charge in [0.15, 0.2) is 11.5 Å². The van der Waals surface area contributed by atoms with Gasteiger partial charge in [-0.2, -0.15) is 0 Å². The highest BCUT2D eigenvalue weighted by Crippen LogP contribution is 2.33. The molecule has 3 rings (SSSR count). The Bertz CT molecular complexity index is 875. The summed E-state index contributed by atoms with van der Waals surface area (Å²) >= 11 is 5.67. The number of halogens is 2. The van der Waals surface area contributed by atoms with Crippen molar-refractivity contribution in [3.8, 4) is 11.5 Å². The molecule has 0 saturated carbocycles. The van der Waals surface area contributed by atoms with Gasteiger partial charge in [0.25, 0.3) is 5.91 Å². The number of aliphatic carboxylic acids is 1. The number of carboxylic acids is 1. The molecular weight excluding hydrogens is 377 g/mol. The van der Waals surface area contributed by atoms with Crippen LogP contribution in [0, 0.1) is 5.82 Å². The van der Waals surface area contributed by atoms with Crippen molar-refractivity contribution in [2.75, 3.05) is 0 Å². The summed E-state index contributed by atoms with van der Waals surface area (Å²) in [4.78, 5) is 23.9. The third kappa shape index (κ3) is 4.31. The molecule has 0 aliphatic carbocycles. The van der Waals surface area contributed by atoms with Gasteiger partial charge in [-0.3, -0.25) is 9.59 Å². The number of rotatable bonds is 5. The summed E-state index contributed by atoms with van der Waals surface area (Å²) in [6, 6.07) is 9.86. The minimum Gasteiger partial charge on any atom is -0.482 e. The van der Waals surface area contributed by atoms with Crippen molar-refractivity contribution in [3.63, 3.8) is 0 Å². The number of fused-ring (bicyclic) bond motifs is 1. The average molecular weight is 394 g/mol. The van der Waals surface area contributed by atoms with E-state index in [0.29, 0.717) is 11.5 Å². The molecule has 0 saturated heterocycles. The first-order valence-electron chi connectivity index (χ1n) is 8.24. The summed E-state index contributed by atoms with van der Waals surface area (Å²) in [6.07, 6.45) is -1.99. The molecule has 0 aromatic heterocycles. The predicted molar refractivity (Wildman–Crippen MR) is 95.5 cm³/mol. The number of hydrogen-bond acceptors (Lipinski definition) is 4. The van der Waals surface area contributed by atoms with Crippen LogP contribution in [-0.2, 0) is 9.59 Å². The van der Waals surface area contributed by atoms with E-state index < -0.39 is 42.4 Å². The molecule has 6 nitrogen and oxygen atoms in total. The van der Waals surface area contributed by atoms with Crippen LogP contribution in [0.5, 0.6) is 11.5 Å². The van der Waals surface area contributed by atoms with Crippen molar-refractivity contribution in [3.05, 3.63) is 58.9 Å². The SMILES string of the molecule is CC1Oc2ccccc2OC1C(=O)NC(CC(=O)O)c1ccc(Cl)c(F)c1. The van der Waals surface area contributed by atoms with E-state index in [4.69, 9.17) is 26.2 Å². The van der Waals surface area contributed by atoms with Crippen LogP contribution in [0.25, 0.3) is 0 Å². The lowest BCUT2D eigenvalue weighted by atomic mass is 10.0. The molecule has 1 heterocycles. The topological polar surface area (TPSA) is 84.9 Å². The molecule has 3 unspecified atom stereocenters. The van der Waals surface area contributed by atoms with Gasteiger partial charge in [0, 0.05) is 0 Å². The quantitative estimate of drug-likeness (QED) is 0.813. The van der Waals surface area contributed by atoms with Gasteiger partial charge in [-0.15, -0.1) is 0 Å². The Morgan fingerprint density at radius 1 is 1.22 bits per heavy atom. The number of benzene rings is 2. The van der Waals surface area contributed by atoms with Crippen molar-refractivity contribution in [2.24, 2.45) is 0 Å². The van der Waals surface area contributed by atoms with Crippen LogP contribution >= 0.6 is 11.6 Å². The Kier molecular flexibility index (Phi) is 5.51. The maximum absolute atomic E-state index is 13.8. The molecular formula is C19H17ClFNO5. The van der Waals surface area contributed by atoms with Gasteiger partial charge in [-0.05, 0) is 36.8 Å². The Morgan fingerprint density at radius 2 is 1.89 bits per heavy atom. The van der Waals surface area contributed by atoms with Crippen molar-refractivity contribution < 1.29 is 28.6 Å². The first-order chi connectivity index (χ1) is 12.8. The van der Waals surface area contributed by atoms with Crippen LogP contribution in [0.3, 0.4) is 0 Å². The predicted octanol–water partition coefficient (Wildman–Crippen LogP) is 3.34. The van der Waals surface area contributed by atoms with Crippen molar-refractivity contribution in [2.45, 2.75) is 31.6 Å². The normalized spacial score (nSPS) is 19.2. The number of ether oxygens (including phenoxy) is 2. The summed E-state index contributed by atoms with van der Waals surface area (Å²) in [7, 11) is 0. The fourth-order valence-corrected chi connectivity index (χ4v) is 2.93. The fraction of sp³-hybridized carbons (Fsp3) is 0.263. The molecule has 0 spiro atoms. The smallest absolute Gasteiger partial charge is 0.305 e. The zero-order chi connectivity index (χ0) is 19.6. The van der Waals surface area contributed by atoms with E-state index in [1.165, 1.54) is 12.1 Å². The highest BCUT2D eigenvalue weighted by atomic mass is 35.5. The van der Waals surface area contributed by atoms with E-state index in [-0.39, 0.29) is 10.6 Å². The van der Waals surface area contributed by atoms with E-state index in [1.54, 1.807) is 31.2 Å². The first kappa shape index (κ1) is 19.0. The van der Waals surface area contributed by atoms with E-state index in [2.05, 4.69) is 5.32 Å². The minimum absolute atomic E-state index is 0.0894. The Labute approximate surface area is 159 Å². The van der Waals surface area contributed by atoms with Crippen LogP contribution in [-0.4, -0.2) is 29.2 Å². The number of carbonyl (C=O) groups is 2. The second-order valence-corrected chi connectivity index (χ2v) is 6.55. The highest BCUT2D eigenvalue weighted by Gasteiger charge is 2.35. The van der Waals surface area contributed by atoms with Gasteiger partial charge in [0.2, 0.25) is 6.10 Å². The number of carboxylic acid groups (broad SMARTS) is 1. The third-order valence-corrected chi connectivity index (χ3v) is 4.45. The number of nitrogens with one attached hydrogen (secondary N) is 1. The summed E-state index contributed by atoms with van der Waals surface area (Å²) < 4.78 is 25.2. The third-order valence-electron chi connectivity index (χ3n) is 4.14. The summed E-state index contributed by atoms with van der Waals surface area (Å²) in [5.41, 5.74) is 0.289. The Hall–Kier alpha value is -2.80. The van der Waals surface area contributed by atoms with Crippen LogP contribution in [0.4, 0.5) is 4.39 Å². The lowest BCUT2D eigenvalue weighted by Crippen LogP contribution is -2.50. The van der Waals surface area contributed by atoms with Gasteiger partial charge in [-0.1, -0.05) is 29.8 Å². The zero-order valence-electron chi connectivity index (χ0n) is 14.3. The number of para-hydroxylation sites is 2. The first-order valence-corrected chi connectivity index (χ1v) is 8.62. The van der Waals surface area contributed by atoms with Gasteiger partial charge >= 0.3 is 5.97 Å². The van der Waals surface area contributed by atoms with Crippen molar-refractivity contribution >= 4 is 23.5 Å². The summed E-state index contributed by atoms with van der Waals surface area (Å²) in [6.45, 7) is 1.67. The van der Waals surface area contributed by atoms with Gasteiger partial charge < -0.3 is 19.9 Å². The van der Waals surface area contributed by atoms with E-state index in [9.17, 15) is 14.0 Å². The second-order valence-electron chi connectivity index (χ2n) is 6.14. The molecule has 0 fully saturated rings. The fourth-order valence-electron chi connectivity index (χ4n) is 2.82. The maximum Gasteiger partial charge on any atom is 0.305 e. The lowest BCUT2D eigenvalue weighted by Gasteiger charge is -2.32. The summed E-state index contributed by atoms with van der Waals surface area (Å²) in [5, 5.41) is 11.7. The molecule has 8 heteroatoms. The standard InChI is InChI=1S/C19H17ClFNO5/c1-10-18(27-16-5-3-2-4-15(16)26-10)19(25)22-14(9-17(23)24)11-6-7-12(20)13(21)8-11/h2-8,10,14,18H,9H2,1H3,(H,22,25)(H,23,24). The van der Waals surface area contributed by atoms with Crippen LogP contribution < -0.4 is 14.8 Å². The Morgan fingerprint density at radius 3 is 2.52 bits per heavy atom. The molecule has 142 valence electrons. The molecule has 2 aromatic carbocycles. The summed E-state index contributed by atoms with van der Waals surface area (Å²) in [5.74, 6) is -1.45. The molecule has 2 aromatic rings. The number of hydrogen-bond donors (Lipinski definition) is 2. The lowest BCUT2D eigenvalue weighted by molar-refractivity contribution is -0.138. The maximum atomic E-state index is 13.8. The molecule has 27 heavy (non-hydrogen) atoms. The van der Waals surface area contributed by atoms with Crippen molar-refractivity contribution in [1.29, 1.82) is 0 Å². The van der Waals surface area contributed by atoms with Gasteiger partial charge in [0.05, 0.1) is 17.5 Å². The average Bonchev–Trinajstić information content (AvgIpc) is 2.62. The van der Waals surface area contributed by atoms with E-state index in [1.807, 2.05) is 0 Å². The highest BCUT2D eigenvalue weighted by molar-refractivity contribution is 6.30. The van der Waals surface area contributed by atoms with Gasteiger partial charge in [0.1, 0.15) is 11.9 Å². The van der Waals surface area contributed by atoms with Crippen LogP contribution in [0.2, 0.25) is 5.02 Å². The number of amides is 1. The van der Waals surface area contributed by atoms with E-state index in [0.717, 1.165) is 6.07 Å². The largest absolute Gasteiger partial charge is 0.482 e. The van der Waals surface area contributed by atoms with E-state index >= 15 is 0 Å². The molecule has 0 bridgehead atoms. The molecule has 1 aliphatic heterocycles. The second kappa shape index (κ2) is 7.84. The monoisotopic (exact) mass is 393 g/mol. The zero-order valence-corrected chi connectivity index (χ0v) is 15.1. The molecule has 1 aliphatic rings. The minimum atomic E-state index is -1.14. The molecule has 2 N–H and O–H groups in total. The molecule has 3 atom stereocenters. The van der Waals surface area contributed by atoms with Gasteiger partial charge in [-0.25, -0.2) is 4.39 Å². The van der Waals surface area contributed by atoms with Crippen molar-refractivity contribution in [1.82, 2.24) is 5.32 Å². The number of carbonyl (C=O) groups excluding carboxylic acids is 1. The van der Waals surface area contributed by atoms with Crippen LogP contribution in [0.1, 0.15) is 24.9 Å².